The van der Waals surface area contributed by atoms with Crippen LogP contribution in [0.1, 0.15) is 31.2 Å². The lowest BCUT2D eigenvalue weighted by atomic mass is 10.2. The Morgan fingerprint density at radius 2 is 1.77 bits per heavy atom. The Morgan fingerprint density at radius 3 is 2.36 bits per heavy atom. The molecule has 0 bridgehead atoms. The molecule has 1 aliphatic rings. The molecule has 0 aromatic heterocycles. The summed E-state index contributed by atoms with van der Waals surface area (Å²) in [7, 11) is 0. The van der Waals surface area contributed by atoms with Gasteiger partial charge < -0.3 is 10.6 Å². The fourth-order valence-electron chi connectivity index (χ4n) is 2.33. The summed E-state index contributed by atoms with van der Waals surface area (Å²) in [6.45, 7) is 0. The smallest absolute Gasteiger partial charge is 0.345 e. The van der Waals surface area contributed by atoms with Crippen LogP contribution in [0.2, 0.25) is 5.02 Å². The molecule has 4 nitrogen and oxygen atoms in total. The molecule has 8 heteroatoms. The highest BCUT2D eigenvalue weighted by Crippen LogP contribution is 2.36. The van der Waals surface area contributed by atoms with Crippen LogP contribution in [0.5, 0.6) is 0 Å². The van der Waals surface area contributed by atoms with Crippen LogP contribution in [0.15, 0.2) is 18.2 Å². The molecule has 0 atom stereocenters. The van der Waals surface area contributed by atoms with Crippen LogP contribution in [0.25, 0.3) is 0 Å². The summed E-state index contributed by atoms with van der Waals surface area (Å²) in [4.78, 5) is 23.4. The minimum Gasteiger partial charge on any atom is -0.345 e. The van der Waals surface area contributed by atoms with Crippen molar-refractivity contribution >= 4 is 29.1 Å². The van der Waals surface area contributed by atoms with E-state index in [0.717, 1.165) is 31.7 Å². The van der Waals surface area contributed by atoms with Gasteiger partial charge in [0.25, 0.3) is 0 Å². The monoisotopic (exact) mass is 334 g/mol. The van der Waals surface area contributed by atoms with Gasteiger partial charge in [-0.25, -0.2) is 0 Å². The Hall–Kier alpha value is -1.76. The van der Waals surface area contributed by atoms with Gasteiger partial charge in [-0.2, -0.15) is 13.2 Å². The summed E-state index contributed by atoms with van der Waals surface area (Å²) in [5.41, 5.74) is -1.20. The molecule has 0 unspecified atom stereocenters. The van der Waals surface area contributed by atoms with Gasteiger partial charge in [0, 0.05) is 11.7 Å². The first kappa shape index (κ1) is 16.6. The molecule has 0 heterocycles. The Morgan fingerprint density at radius 1 is 1.14 bits per heavy atom. The van der Waals surface area contributed by atoms with Crippen LogP contribution in [0, 0.1) is 0 Å². The number of nitrogens with one attached hydrogen (secondary N) is 2. The van der Waals surface area contributed by atoms with Crippen molar-refractivity contribution in [3.05, 3.63) is 28.8 Å². The lowest BCUT2D eigenvalue weighted by Crippen LogP contribution is -2.40. The predicted octanol–water partition coefficient (Wildman–Crippen LogP) is 3.36. The SMILES string of the molecule is O=C(Nc1ccc(Cl)c(C(F)(F)F)c1)C(=O)NC1CCCC1. The fourth-order valence-corrected chi connectivity index (χ4v) is 2.55. The Balaban J connectivity index is 2.03. The maximum Gasteiger partial charge on any atom is 0.417 e. The largest absolute Gasteiger partial charge is 0.417 e. The number of rotatable bonds is 2. The molecule has 2 amide bonds. The van der Waals surface area contributed by atoms with Crippen molar-refractivity contribution in [2.24, 2.45) is 0 Å². The van der Waals surface area contributed by atoms with Gasteiger partial charge in [-0.1, -0.05) is 24.4 Å². The quantitative estimate of drug-likeness (QED) is 0.815. The fraction of sp³-hybridized carbons (Fsp3) is 0.429. The molecule has 2 N–H and O–H groups in total. The van der Waals surface area contributed by atoms with Crippen LogP contribution in [-0.4, -0.2) is 17.9 Å². The van der Waals surface area contributed by atoms with E-state index in [2.05, 4.69) is 10.6 Å². The van der Waals surface area contributed by atoms with Crippen molar-refractivity contribution in [1.29, 1.82) is 0 Å². The average molecular weight is 335 g/mol. The van der Waals surface area contributed by atoms with E-state index in [4.69, 9.17) is 11.6 Å². The normalized spacial score (nSPS) is 15.6. The third kappa shape index (κ3) is 4.13. The highest BCUT2D eigenvalue weighted by molar-refractivity contribution is 6.39. The van der Waals surface area contributed by atoms with Crippen molar-refractivity contribution in [2.45, 2.75) is 37.9 Å². The van der Waals surface area contributed by atoms with Crippen LogP contribution in [-0.2, 0) is 15.8 Å². The van der Waals surface area contributed by atoms with Gasteiger partial charge in [0.1, 0.15) is 0 Å². The number of carbonyl (C=O) groups excluding carboxylic acids is 2. The molecule has 0 aliphatic heterocycles. The number of halogens is 4. The lowest BCUT2D eigenvalue weighted by Gasteiger charge is -2.13. The van der Waals surface area contributed by atoms with E-state index in [1.165, 1.54) is 6.07 Å². The van der Waals surface area contributed by atoms with Crippen molar-refractivity contribution in [3.8, 4) is 0 Å². The van der Waals surface area contributed by atoms with Crippen molar-refractivity contribution < 1.29 is 22.8 Å². The number of benzene rings is 1. The molecule has 1 aromatic carbocycles. The molecule has 0 saturated heterocycles. The van der Waals surface area contributed by atoms with E-state index < -0.39 is 28.6 Å². The van der Waals surface area contributed by atoms with E-state index in [-0.39, 0.29) is 11.7 Å². The Labute approximate surface area is 130 Å². The molecule has 22 heavy (non-hydrogen) atoms. The number of alkyl halides is 3. The molecule has 1 aromatic rings. The van der Waals surface area contributed by atoms with Gasteiger partial charge in [0.15, 0.2) is 0 Å². The summed E-state index contributed by atoms with van der Waals surface area (Å²) in [5.74, 6) is -1.85. The minimum atomic E-state index is -4.63. The second-order valence-corrected chi connectivity index (χ2v) is 5.51. The third-order valence-electron chi connectivity index (χ3n) is 3.43. The van der Waals surface area contributed by atoms with Gasteiger partial charge in [0.2, 0.25) is 0 Å². The van der Waals surface area contributed by atoms with Gasteiger partial charge in [-0.15, -0.1) is 0 Å². The van der Waals surface area contributed by atoms with Crippen molar-refractivity contribution in [1.82, 2.24) is 5.32 Å². The van der Waals surface area contributed by atoms with Crippen LogP contribution < -0.4 is 10.6 Å². The highest BCUT2D eigenvalue weighted by Gasteiger charge is 2.33. The second-order valence-electron chi connectivity index (χ2n) is 5.10. The predicted molar refractivity (Wildman–Crippen MR) is 75.5 cm³/mol. The molecule has 120 valence electrons. The van der Waals surface area contributed by atoms with E-state index in [0.29, 0.717) is 6.07 Å². The zero-order valence-corrected chi connectivity index (χ0v) is 12.2. The summed E-state index contributed by atoms with van der Waals surface area (Å²) >= 11 is 5.48. The van der Waals surface area contributed by atoms with E-state index in [1.54, 1.807) is 0 Å². The molecule has 1 saturated carbocycles. The minimum absolute atomic E-state index is 0.0470. The molecular formula is C14H14ClF3N2O2. The van der Waals surface area contributed by atoms with Crippen molar-refractivity contribution in [3.63, 3.8) is 0 Å². The Bertz CT molecular complexity index is 584. The molecule has 1 aliphatic carbocycles. The van der Waals surface area contributed by atoms with Crippen molar-refractivity contribution in [2.75, 3.05) is 5.32 Å². The first-order valence-corrected chi connectivity index (χ1v) is 7.14. The standard InChI is InChI=1S/C14H14ClF3N2O2/c15-11-6-5-9(7-10(11)14(16,17)18)20-13(22)12(21)19-8-3-1-2-4-8/h5-8H,1-4H2,(H,19,21)(H,20,22). The maximum atomic E-state index is 12.7. The zero-order chi connectivity index (χ0) is 16.3. The lowest BCUT2D eigenvalue weighted by molar-refractivity contribution is -0.137. The van der Waals surface area contributed by atoms with Crippen LogP contribution in [0.3, 0.4) is 0 Å². The van der Waals surface area contributed by atoms with Gasteiger partial charge in [-0.05, 0) is 31.0 Å². The summed E-state index contributed by atoms with van der Waals surface area (Å²) in [6, 6.07) is 2.88. The molecule has 0 spiro atoms. The highest BCUT2D eigenvalue weighted by atomic mass is 35.5. The van der Waals surface area contributed by atoms with E-state index >= 15 is 0 Å². The summed E-state index contributed by atoms with van der Waals surface area (Å²) < 4.78 is 38.2. The van der Waals surface area contributed by atoms with E-state index in [1.807, 2.05) is 0 Å². The first-order chi connectivity index (χ1) is 10.3. The Kier molecular flexibility index (Phi) is 4.95. The molecule has 2 rings (SSSR count). The number of amides is 2. The molecular weight excluding hydrogens is 321 g/mol. The van der Waals surface area contributed by atoms with Gasteiger partial charge in [0.05, 0.1) is 10.6 Å². The zero-order valence-electron chi connectivity index (χ0n) is 11.5. The number of hydrogen-bond donors (Lipinski definition) is 2. The van der Waals surface area contributed by atoms with E-state index in [9.17, 15) is 22.8 Å². The van der Waals surface area contributed by atoms with Crippen LogP contribution >= 0.6 is 11.6 Å². The number of carbonyl (C=O) groups is 2. The summed E-state index contributed by atoms with van der Waals surface area (Å²) in [5, 5.41) is 4.23. The molecule has 1 fully saturated rings. The third-order valence-corrected chi connectivity index (χ3v) is 3.76. The number of hydrogen-bond acceptors (Lipinski definition) is 2. The van der Waals surface area contributed by atoms with Crippen LogP contribution in [0.4, 0.5) is 18.9 Å². The first-order valence-electron chi connectivity index (χ1n) is 6.76. The topological polar surface area (TPSA) is 58.2 Å². The van der Waals surface area contributed by atoms with Gasteiger partial charge >= 0.3 is 18.0 Å². The molecule has 0 radical (unpaired) electrons. The number of anilines is 1. The summed E-state index contributed by atoms with van der Waals surface area (Å²) in [6.07, 6.45) is -1.06. The average Bonchev–Trinajstić information content (AvgIpc) is 2.92. The maximum absolute atomic E-state index is 12.7. The second kappa shape index (κ2) is 6.56. The van der Waals surface area contributed by atoms with Gasteiger partial charge in [-0.3, -0.25) is 9.59 Å².